The van der Waals surface area contributed by atoms with Gasteiger partial charge in [-0.25, -0.2) is 0 Å². The number of aryl methyl sites for hydroxylation is 1. The van der Waals surface area contributed by atoms with Crippen molar-refractivity contribution in [2.24, 2.45) is 12.5 Å². The van der Waals surface area contributed by atoms with Crippen LogP contribution in [-0.2, 0) is 13.6 Å². The number of hydrogen-bond donors (Lipinski definition) is 0. The molecule has 6 heteroatoms. The molecule has 0 aromatic carbocycles. The summed E-state index contributed by atoms with van der Waals surface area (Å²) in [4.78, 5) is 18.1. The van der Waals surface area contributed by atoms with Gasteiger partial charge in [-0.3, -0.25) is 14.4 Å². The highest BCUT2D eigenvalue weighted by atomic mass is 32.1. The van der Waals surface area contributed by atoms with E-state index in [4.69, 9.17) is 0 Å². The summed E-state index contributed by atoms with van der Waals surface area (Å²) in [5.41, 5.74) is 1.56. The number of nitrogens with zero attached hydrogens (tertiary/aromatic N) is 4. The summed E-state index contributed by atoms with van der Waals surface area (Å²) < 4.78 is 1.87. The maximum atomic E-state index is 12.6. The highest BCUT2D eigenvalue weighted by Crippen LogP contribution is 2.40. The molecule has 2 aliphatic heterocycles. The standard InChI is InChI=1S/C18H24N4OS/c1-20-11-15(10-19-20)12-21-7-3-5-18(13-21)6-8-22(14-18)17(23)16-4-2-9-24-16/h2,4,9-11H,3,5-8,12-14H2,1H3. The number of piperidine rings is 1. The van der Waals surface area contributed by atoms with E-state index in [2.05, 4.69) is 21.1 Å². The summed E-state index contributed by atoms with van der Waals surface area (Å²) in [6, 6.07) is 3.90. The van der Waals surface area contributed by atoms with Gasteiger partial charge < -0.3 is 4.90 Å². The maximum Gasteiger partial charge on any atom is 0.263 e. The fourth-order valence-corrected chi connectivity index (χ4v) is 4.95. The third-order valence-electron chi connectivity index (χ3n) is 5.36. The van der Waals surface area contributed by atoms with Crippen molar-refractivity contribution in [2.45, 2.75) is 25.8 Å². The van der Waals surface area contributed by atoms with Crippen LogP contribution in [0.5, 0.6) is 0 Å². The number of rotatable bonds is 3. The summed E-state index contributed by atoms with van der Waals surface area (Å²) >= 11 is 1.55. The molecule has 0 bridgehead atoms. The number of carbonyl (C=O) groups excluding carboxylic acids is 1. The van der Waals surface area contributed by atoms with Crippen LogP contribution in [0.4, 0.5) is 0 Å². The number of amides is 1. The predicted molar refractivity (Wildman–Crippen MR) is 95.0 cm³/mol. The largest absolute Gasteiger partial charge is 0.337 e. The van der Waals surface area contributed by atoms with Crippen molar-refractivity contribution < 1.29 is 4.79 Å². The van der Waals surface area contributed by atoms with Gasteiger partial charge in [0, 0.05) is 50.4 Å². The van der Waals surface area contributed by atoms with Gasteiger partial charge in [0.1, 0.15) is 0 Å². The number of carbonyl (C=O) groups is 1. The zero-order chi connectivity index (χ0) is 16.6. The Kier molecular flexibility index (Phi) is 4.18. The van der Waals surface area contributed by atoms with Gasteiger partial charge >= 0.3 is 0 Å². The molecule has 1 unspecified atom stereocenters. The zero-order valence-electron chi connectivity index (χ0n) is 14.1. The topological polar surface area (TPSA) is 41.4 Å². The Morgan fingerprint density at radius 1 is 1.33 bits per heavy atom. The molecule has 2 aliphatic rings. The second kappa shape index (κ2) is 6.33. The summed E-state index contributed by atoms with van der Waals surface area (Å²) in [7, 11) is 1.96. The van der Waals surface area contributed by atoms with E-state index in [0.29, 0.717) is 0 Å². The molecule has 0 radical (unpaired) electrons. The molecule has 1 amide bonds. The fraction of sp³-hybridized carbons (Fsp3) is 0.556. The highest BCUT2D eigenvalue weighted by molar-refractivity contribution is 7.12. The van der Waals surface area contributed by atoms with Crippen LogP contribution in [0.25, 0.3) is 0 Å². The van der Waals surface area contributed by atoms with E-state index in [1.807, 2.05) is 35.4 Å². The lowest BCUT2D eigenvalue weighted by atomic mass is 9.79. The number of aromatic nitrogens is 2. The molecular weight excluding hydrogens is 320 g/mol. The number of likely N-dealkylation sites (tertiary alicyclic amines) is 2. The van der Waals surface area contributed by atoms with Gasteiger partial charge in [-0.2, -0.15) is 5.10 Å². The molecule has 2 saturated heterocycles. The maximum absolute atomic E-state index is 12.6. The predicted octanol–water partition coefficient (Wildman–Crippen LogP) is 2.61. The first-order valence-corrected chi connectivity index (χ1v) is 9.54. The average Bonchev–Trinajstić information content (AvgIpc) is 3.29. The van der Waals surface area contributed by atoms with E-state index in [9.17, 15) is 4.79 Å². The lowest BCUT2D eigenvalue weighted by molar-refractivity contribution is 0.0679. The molecule has 128 valence electrons. The first-order chi connectivity index (χ1) is 11.6. The van der Waals surface area contributed by atoms with Crippen molar-refractivity contribution in [2.75, 3.05) is 26.2 Å². The Hall–Kier alpha value is -1.66. The van der Waals surface area contributed by atoms with E-state index < -0.39 is 0 Å². The number of hydrogen-bond acceptors (Lipinski definition) is 4. The molecule has 4 heterocycles. The van der Waals surface area contributed by atoms with Crippen molar-refractivity contribution in [3.8, 4) is 0 Å². The molecule has 5 nitrogen and oxygen atoms in total. The summed E-state index contributed by atoms with van der Waals surface area (Å²) in [6.45, 7) is 5.02. The van der Waals surface area contributed by atoms with Crippen LogP contribution in [0, 0.1) is 5.41 Å². The van der Waals surface area contributed by atoms with Crippen molar-refractivity contribution in [3.05, 3.63) is 40.3 Å². The molecule has 0 aliphatic carbocycles. The third kappa shape index (κ3) is 3.13. The molecule has 1 atom stereocenters. The smallest absolute Gasteiger partial charge is 0.263 e. The van der Waals surface area contributed by atoms with Crippen molar-refractivity contribution >= 4 is 17.2 Å². The lowest BCUT2D eigenvalue weighted by Crippen LogP contribution is -2.44. The van der Waals surface area contributed by atoms with Crippen molar-refractivity contribution in [3.63, 3.8) is 0 Å². The van der Waals surface area contributed by atoms with Crippen molar-refractivity contribution in [1.82, 2.24) is 19.6 Å². The van der Waals surface area contributed by atoms with Gasteiger partial charge in [-0.05, 0) is 37.3 Å². The second-order valence-corrected chi connectivity index (χ2v) is 8.24. The molecule has 1 spiro atoms. The van der Waals surface area contributed by atoms with Gasteiger partial charge in [0.2, 0.25) is 0 Å². The van der Waals surface area contributed by atoms with E-state index >= 15 is 0 Å². The van der Waals surface area contributed by atoms with Crippen LogP contribution in [0.1, 0.15) is 34.5 Å². The molecule has 4 rings (SSSR count). The molecule has 24 heavy (non-hydrogen) atoms. The minimum atomic E-state index is 0.214. The Morgan fingerprint density at radius 3 is 3.00 bits per heavy atom. The normalized spacial score (nSPS) is 24.8. The molecule has 0 N–H and O–H groups in total. The van der Waals surface area contributed by atoms with E-state index in [-0.39, 0.29) is 11.3 Å². The Bertz CT molecular complexity index is 710. The minimum absolute atomic E-state index is 0.214. The quantitative estimate of drug-likeness (QED) is 0.859. The first-order valence-electron chi connectivity index (χ1n) is 8.66. The highest BCUT2D eigenvalue weighted by Gasteiger charge is 2.42. The number of thiophene rings is 1. The third-order valence-corrected chi connectivity index (χ3v) is 6.22. The van der Waals surface area contributed by atoms with Crippen LogP contribution >= 0.6 is 11.3 Å². The summed E-state index contributed by atoms with van der Waals surface area (Å²) in [5.74, 6) is 0.214. The van der Waals surface area contributed by atoms with Crippen LogP contribution in [0.15, 0.2) is 29.9 Å². The molecular formula is C18H24N4OS. The van der Waals surface area contributed by atoms with Crippen LogP contribution < -0.4 is 0 Å². The molecule has 2 fully saturated rings. The van der Waals surface area contributed by atoms with E-state index in [0.717, 1.165) is 44.0 Å². The SMILES string of the molecule is Cn1cc(CN2CCCC3(CCN(C(=O)c4cccs4)C3)C2)cn1. The van der Waals surface area contributed by atoms with Gasteiger partial charge in [0.15, 0.2) is 0 Å². The van der Waals surface area contributed by atoms with Crippen LogP contribution in [-0.4, -0.2) is 51.7 Å². The zero-order valence-corrected chi connectivity index (χ0v) is 15.0. The lowest BCUT2D eigenvalue weighted by Gasteiger charge is -2.40. The van der Waals surface area contributed by atoms with Gasteiger partial charge in [0.25, 0.3) is 5.91 Å². The van der Waals surface area contributed by atoms with Crippen LogP contribution in [0.2, 0.25) is 0 Å². The Balaban J connectivity index is 1.41. The van der Waals surface area contributed by atoms with Gasteiger partial charge in [0.05, 0.1) is 11.1 Å². The van der Waals surface area contributed by atoms with Crippen LogP contribution in [0.3, 0.4) is 0 Å². The average molecular weight is 344 g/mol. The Labute approximate surface area is 146 Å². The van der Waals surface area contributed by atoms with Crippen molar-refractivity contribution in [1.29, 1.82) is 0 Å². The summed E-state index contributed by atoms with van der Waals surface area (Å²) in [6.07, 6.45) is 7.66. The Morgan fingerprint density at radius 2 is 2.25 bits per heavy atom. The molecule has 2 aromatic heterocycles. The van der Waals surface area contributed by atoms with E-state index in [1.165, 1.54) is 18.4 Å². The monoisotopic (exact) mass is 344 g/mol. The molecule has 2 aromatic rings. The first kappa shape index (κ1) is 15.8. The van der Waals surface area contributed by atoms with E-state index in [1.54, 1.807) is 11.3 Å². The molecule has 0 saturated carbocycles. The fourth-order valence-electron chi connectivity index (χ4n) is 4.25. The summed E-state index contributed by atoms with van der Waals surface area (Å²) in [5, 5.41) is 6.25. The second-order valence-electron chi connectivity index (χ2n) is 7.29. The van der Waals surface area contributed by atoms with Gasteiger partial charge in [-0.15, -0.1) is 11.3 Å². The van der Waals surface area contributed by atoms with Gasteiger partial charge in [-0.1, -0.05) is 6.07 Å². The minimum Gasteiger partial charge on any atom is -0.337 e.